The molecule has 0 aliphatic rings. The molecule has 0 spiro atoms. The van der Waals surface area contributed by atoms with Crippen LogP contribution in [0.2, 0.25) is 0 Å². The molecule has 4 rings (SSSR count). The van der Waals surface area contributed by atoms with Crippen LogP contribution in [-0.4, -0.2) is 16.1 Å². The summed E-state index contributed by atoms with van der Waals surface area (Å²) in [6.07, 6.45) is -3.02. The molecule has 6 nitrogen and oxygen atoms in total. The Bertz CT molecular complexity index is 1220. The molecule has 2 aromatic carbocycles. The van der Waals surface area contributed by atoms with E-state index < -0.39 is 22.9 Å². The van der Waals surface area contributed by atoms with Gasteiger partial charge < -0.3 is 14.2 Å². The van der Waals surface area contributed by atoms with E-state index in [4.69, 9.17) is 8.83 Å². The molecule has 0 radical (unpaired) electrons. The number of amides is 1. The number of nitrogens with one attached hydrogen (secondary N) is 1. The summed E-state index contributed by atoms with van der Waals surface area (Å²) in [6, 6.07) is 14.9. The summed E-state index contributed by atoms with van der Waals surface area (Å²) in [6.45, 7) is 1.75. The molecule has 10 heteroatoms. The van der Waals surface area contributed by atoms with Crippen LogP contribution in [0.5, 0.6) is 0 Å². The highest BCUT2D eigenvalue weighted by molar-refractivity contribution is 8.00. The lowest BCUT2D eigenvalue weighted by Gasteiger charge is -2.16. The summed E-state index contributed by atoms with van der Waals surface area (Å²) < 4.78 is 50.0. The lowest BCUT2D eigenvalue weighted by molar-refractivity contribution is -0.137. The number of hydrogen-bond donors (Lipinski definition) is 1. The van der Waals surface area contributed by atoms with E-state index in [2.05, 4.69) is 15.5 Å². The molecule has 0 fully saturated rings. The van der Waals surface area contributed by atoms with Gasteiger partial charge in [-0.3, -0.25) is 4.79 Å². The molecule has 1 atom stereocenters. The smallest absolute Gasteiger partial charge is 0.416 e. The van der Waals surface area contributed by atoms with Gasteiger partial charge in [0.25, 0.3) is 11.1 Å². The number of nitrogens with zero attached hydrogens (tertiary/aromatic N) is 2. The average Bonchev–Trinajstić information content (AvgIpc) is 3.40. The Morgan fingerprint density at radius 3 is 2.53 bits per heavy atom. The molecule has 4 aromatic rings. The van der Waals surface area contributed by atoms with Crippen molar-refractivity contribution in [1.29, 1.82) is 0 Å². The van der Waals surface area contributed by atoms with E-state index in [1.54, 1.807) is 43.3 Å². The van der Waals surface area contributed by atoms with Gasteiger partial charge in [-0.15, -0.1) is 10.2 Å². The highest BCUT2D eigenvalue weighted by Crippen LogP contribution is 2.37. The van der Waals surface area contributed by atoms with E-state index in [0.717, 1.165) is 23.9 Å². The average molecular weight is 459 g/mol. The molecule has 164 valence electrons. The van der Waals surface area contributed by atoms with Crippen LogP contribution < -0.4 is 5.32 Å². The van der Waals surface area contributed by atoms with Gasteiger partial charge in [-0.25, -0.2) is 0 Å². The Hall–Kier alpha value is -3.53. The number of anilines is 1. The zero-order valence-electron chi connectivity index (χ0n) is 16.6. The number of carbonyl (C=O) groups is 1. The van der Waals surface area contributed by atoms with Crippen molar-refractivity contribution in [3.63, 3.8) is 0 Å². The van der Waals surface area contributed by atoms with E-state index in [0.29, 0.717) is 16.9 Å². The number of thioether (sulfide) groups is 1. The van der Waals surface area contributed by atoms with Crippen molar-refractivity contribution in [3.05, 3.63) is 83.8 Å². The summed E-state index contributed by atoms with van der Waals surface area (Å²) >= 11 is 0.998. The van der Waals surface area contributed by atoms with Gasteiger partial charge in [-0.2, -0.15) is 13.2 Å². The normalized spacial score (nSPS) is 12.5. The van der Waals surface area contributed by atoms with Crippen LogP contribution in [0.3, 0.4) is 0 Å². The molecule has 0 bridgehead atoms. The van der Waals surface area contributed by atoms with Gasteiger partial charge in [0.2, 0.25) is 5.91 Å². The fourth-order valence-electron chi connectivity index (χ4n) is 2.96. The number of rotatable bonds is 6. The van der Waals surface area contributed by atoms with E-state index in [-0.39, 0.29) is 16.8 Å². The summed E-state index contributed by atoms with van der Waals surface area (Å²) in [4.78, 5) is 13.0. The minimum absolute atomic E-state index is 0.0339. The van der Waals surface area contributed by atoms with Crippen LogP contribution >= 0.6 is 11.8 Å². The van der Waals surface area contributed by atoms with Gasteiger partial charge in [0.15, 0.2) is 0 Å². The minimum Gasteiger partial charge on any atom is -0.469 e. The monoisotopic (exact) mass is 459 g/mol. The Balaban J connectivity index is 1.59. The molecule has 0 unspecified atom stereocenters. The highest BCUT2D eigenvalue weighted by atomic mass is 32.2. The van der Waals surface area contributed by atoms with E-state index in [1.807, 2.05) is 0 Å². The van der Waals surface area contributed by atoms with Crippen molar-refractivity contribution < 1.29 is 26.8 Å². The Kier molecular flexibility index (Phi) is 6.04. The van der Waals surface area contributed by atoms with E-state index >= 15 is 0 Å². The van der Waals surface area contributed by atoms with Crippen molar-refractivity contribution in [2.75, 3.05) is 5.32 Å². The maximum absolute atomic E-state index is 13.0. The number of carbonyl (C=O) groups excluding carboxylic acids is 1. The number of benzene rings is 2. The van der Waals surface area contributed by atoms with Crippen LogP contribution in [0.25, 0.3) is 11.5 Å². The molecule has 32 heavy (non-hydrogen) atoms. The third-order valence-electron chi connectivity index (χ3n) is 4.51. The SMILES string of the molecule is Cc1occc1-c1nnc(S[C@@H](C(=O)Nc2cccc(C(F)(F)F)c2)c2ccccc2)o1. The van der Waals surface area contributed by atoms with Crippen LogP contribution in [-0.2, 0) is 11.0 Å². The molecular weight excluding hydrogens is 443 g/mol. The molecule has 0 saturated heterocycles. The quantitative estimate of drug-likeness (QED) is 0.350. The minimum atomic E-state index is -4.51. The predicted molar refractivity (Wildman–Crippen MR) is 112 cm³/mol. The standard InChI is InChI=1S/C22H16F3N3O3S/c1-13-17(10-11-30-13)20-27-28-21(31-20)32-18(14-6-3-2-4-7-14)19(29)26-16-9-5-8-15(12-16)22(23,24)25/h2-12,18H,1H3,(H,26,29)/t18-/m1/s1. The van der Waals surface area contributed by atoms with Crippen molar-refractivity contribution in [3.8, 4) is 11.5 Å². The van der Waals surface area contributed by atoms with Crippen LogP contribution in [0.15, 0.2) is 81.0 Å². The first-order valence-corrected chi connectivity index (χ1v) is 10.3. The Labute approximate surface area is 184 Å². The van der Waals surface area contributed by atoms with Crippen molar-refractivity contribution in [2.45, 2.75) is 23.6 Å². The third-order valence-corrected chi connectivity index (χ3v) is 5.60. The highest BCUT2D eigenvalue weighted by Gasteiger charge is 2.31. The van der Waals surface area contributed by atoms with Crippen molar-refractivity contribution in [2.24, 2.45) is 0 Å². The van der Waals surface area contributed by atoms with E-state index in [1.165, 1.54) is 18.4 Å². The van der Waals surface area contributed by atoms with Gasteiger partial charge >= 0.3 is 6.18 Å². The molecule has 1 N–H and O–H groups in total. The maximum Gasteiger partial charge on any atom is 0.416 e. The third kappa shape index (κ3) is 4.86. The summed E-state index contributed by atoms with van der Waals surface area (Å²) in [5, 5.41) is 9.83. The lowest BCUT2D eigenvalue weighted by Crippen LogP contribution is -2.19. The first-order chi connectivity index (χ1) is 15.3. The van der Waals surface area contributed by atoms with Gasteiger partial charge in [-0.1, -0.05) is 36.4 Å². The molecular formula is C22H16F3N3O3S. The molecule has 2 heterocycles. The van der Waals surface area contributed by atoms with Gasteiger partial charge in [0, 0.05) is 5.69 Å². The summed E-state index contributed by atoms with van der Waals surface area (Å²) in [5.74, 6) is 0.315. The molecule has 0 aliphatic heterocycles. The fourth-order valence-corrected chi connectivity index (χ4v) is 3.83. The van der Waals surface area contributed by atoms with Gasteiger partial charge in [0.1, 0.15) is 11.0 Å². The van der Waals surface area contributed by atoms with Crippen molar-refractivity contribution >= 4 is 23.4 Å². The summed E-state index contributed by atoms with van der Waals surface area (Å²) in [7, 11) is 0. The first kappa shape index (κ1) is 21.7. The lowest BCUT2D eigenvalue weighted by atomic mass is 10.1. The maximum atomic E-state index is 13.0. The van der Waals surface area contributed by atoms with Gasteiger partial charge in [0.05, 0.1) is 17.4 Å². The second-order valence-corrected chi connectivity index (χ2v) is 7.80. The molecule has 1 amide bonds. The predicted octanol–water partition coefficient (Wildman–Crippen LogP) is 6.13. The molecule has 0 saturated carbocycles. The summed E-state index contributed by atoms with van der Waals surface area (Å²) in [5.41, 5.74) is 0.443. The number of hydrogen-bond acceptors (Lipinski definition) is 6. The zero-order valence-corrected chi connectivity index (χ0v) is 17.4. The molecule has 2 aromatic heterocycles. The van der Waals surface area contributed by atoms with Crippen molar-refractivity contribution in [1.82, 2.24) is 10.2 Å². The number of alkyl halides is 3. The van der Waals surface area contributed by atoms with E-state index in [9.17, 15) is 18.0 Å². The first-order valence-electron chi connectivity index (χ1n) is 9.39. The Morgan fingerprint density at radius 1 is 1.06 bits per heavy atom. The Morgan fingerprint density at radius 2 is 1.84 bits per heavy atom. The van der Waals surface area contributed by atoms with Crippen LogP contribution in [0, 0.1) is 6.92 Å². The largest absolute Gasteiger partial charge is 0.469 e. The van der Waals surface area contributed by atoms with Crippen LogP contribution in [0.1, 0.15) is 22.1 Å². The second-order valence-electron chi connectivity index (χ2n) is 6.74. The van der Waals surface area contributed by atoms with Gasteiger partial charge in [-0.05, 0) is 48.5 Å². The number of aryl methyl sites for hydroxylation is 1. The topological polar surface area (TPSA) is 81.2 Å². The number of halogens is 3. The second kappa shape index (κ2) is 8.91. The number of aromatic nitrogens is 2. The number of furan rings is 1. The zero-order chi connectivity index (χ0) is 22.7. The van der Waals surface area contributed by atoms with Crippen LogP contribution in [0.4, 0.5) is 18.9 Å². The fraction of sp³-hybridized carbons (Fsp3) is 0.136. The molecule has 0 aliphatic carbocycles.